The molecular weight excluding hydrogens is 809 g/mol. The van der Waals surface area contributed by atoms with Gasteiger partial charge in [0, 0.05) is 12.2 Å². The molecule has 0 N–H and O–H groups in total. The summed E-state index contributed by atoms with van der Waals surface area (Å²) in [5.41, 5.74) is 0.395. The Bertz CT molecular complexity index is 1460. The van der Waals surface area contributed by atoms with Crippen molar-refractivity contribution in [2.75, 3.05) is 39.6 Å². The van der Waals surface area contributed by atoms with Crippen molar-refractivity contribution >= 4 is 17.9 Å². The summed E-state index contributed by atoms with van der Waals surface area (Å²) in [6.07, 6.45) is 40.2. The van der Waals surface area contributed by atoms with E-state index >= 15 is 0 Å². The fourth-order valence-electron chi connectivity index (χ4n) is 7.49. The van der Waals surface area contributed by atoms with Gasteiger partial charge in [0.1, 0.15) is 25.5 Å². The third-order valence-electron chi connectivity index (χ3n) is 11.3. The minimum absolute atomic E-state index is 0.243. The summed E-state index contributed by atoms with van der Waals surface area (Å²) in [5.74, 6) is 0.526. The van der Waals surface area contributed by atoms with E-state index in [2.05, 4.69) is 20.1 Å². The highest BCUT2D eigenvalue weighted by Crippen LogP contribution is 2.40. The number of carbonyl (C=O) groups excluding carboxylic acids is 3. The standard InChI is InChI=1S/C53H87N2O9/c1-5-8-9-10-11-12-15-24-29-34-42-63-52-48(59-38-30-25-20-16-13-18-22-27-32-40-61-50(56)6-2)44-47(53(58)64-43-37-55-36-35-54(4)46-55)45-49(52)60-39-31-26-21-17-14-19-23-28-33-41-62-51(57)7-3/h6-7,35-36,44-46H,2-3,5,8-34,37-43H2,1,4H3/q+1. The number of imidazole rings is 1. The van der Waals surface area contributed by atoms with Gasteiger partial charge in [-0.05, 0) is 44.2 Å². The van der Waals surface area contributed by atoms with Crippen LogP contribution in [0, 0.1) is 0 Å². The summed E-state index contributed by atoms with van der Waals surface area (Å²) in [6.45, 7) is 12.4. The molecule has 2 aromatic rings. The molecule has 0 amide bonds. The molecule has 2 rings (SSSR count). The summed E-state index contributed by atoms with van der Waals surface area (Å²) < 4.78 is 39.2. The molecule has 11 nitrogen and oxygen atoms in total. The van der Waals surface area contributed by atoms with Crippen LogP contribution in [0.25, 0.3) is 0 Å². The first kappa shape index (κ1) is 55.9. The monoisotopic (exact) mass is 896 g/mol. The number of unbranched alkanes of at least 4 members (excludes halogenated alkanes) is 25. The van der Waals surface area contributed by atoms with Crippen LogP contribution < -0.4 is 18.8 Å². The Morgan fingerprint density at radius 3 is 1.27 bits per heavy atom. The van der Waals surface area contributed by atoms with Crippen molar-refractivity contribution in [1.29, 1.82) is 0 Å². The molecule has 1 aromatic heterocycles. The van der Waals surface area contributed by atoms with Gasteiger partial charge < -0.3 is 28.4 Å². The number of hydrogen-bond donors (Lipinski definition) is 0. The van der Waals surface area contributed by atoms with Gasteiger partial charge in [-0.1, -0.05) is 168 Å². The Kier molecular flexibility index (Phi) is 34.1. The Morgan fingerprint density at radius 2 is 0.891 bits per heavy atom. The van der Waals surface area contributed by atoms with E-state index in [-0.39, 0.29) is 18.5 Å². The van der Waals surface area contributed by atoms with Gasteiger partial charge in [-0.3, -0.25) is 0 Å². The van der Waals surface area contributed by atoms with Crippen LogP contribution in [0.5, 0.6) is 17.2 Å². The molecule has 0 bridgehead atoms. The number of nitrogens with zero attached hydrogens (tertiary/aromatic N) is 2. The van der Waals surface area contributed by atoms with Crippen molar-refractivity contribution in [1.82, 2.24) is 4.57 Å². The molecule has 0 aliphatic heterocycles. The molecule has 0 saturated heterocycles. The van der Waals surface area contributed by atoms with Crippen molar-refractivity contribution in [2.45, 2.75) is 193 Å². The lowest BCUT2D eigenvalue weighted by Crippen LogP contribution is -2.24. The number of aryl methyl sites for hydroxylation is 1. The van der Waals surface area contributed by atoms with E-state index in [1.807, 2.05) is 34.9 Å². The molecule has 0 aliphatic rings. The number of hydrogen-bond acceptors (Lipinski definition) is 9. The van der Waals surface area contributed by atoms with Crippen LogP contribution in [0.3, 0.4) is 0 Å². The summed E-state index contributed by atoms with van der Waals surface area (Å²) >= 11 is 0. The maximum Gasteiger partial charge on any atom is 0.338 e. The molecule has 0 radical (unpaired) electrons. The zero-order valence-electron chi connectivity index (χ0n) is 40.3. The third kappa shape index (κ3) is 29.2. The first-order valence-corrected chi connectivity index (χ1v) is 25.2. The lowest BCUT2D eigenvalue weighted by molar-refractivity contribution is -0.671. The molecule has 0 spiro atoms. The molecule has 0 unspecified atom stereocenters. The minimum atomic E-state index is -0.414. The molecule has 64 heavy (non-hydrogen) atoms. The van der Waals surface area contributed by atoms with Crippen molar-refractivity contribution < 1.29 is 47.4 Å². The molecule has 0 saturated carbocycles. The SMILES string of the molecule is C=CC(=O)OCCCCCCCCCCCOc1cc(C(=O)OCCn2cc[n+](C)c2)cc(OCCCCCCCCCCCOC(=O)C=C)c1OCCCCCCCCCCCC. The minimum Gasteiger partial charge on any atom is -0.490 e. The van der Waals surface area contributed by atoms with Gasteiger partial charge >= 0.3 is 17.9 Å². The van der Waals surface area contributed by atoms with E-state index in [4.69, 9.17) is 28.4 Å². The number of aromatic nitrogens is 2. The topological polar surface area (TPSA) is 115 Å². The molecule has 11 heteroatoms. The Balaban J connectivity index is 1.97. The van der Waals surface area contributed by atoms with E-state index in [9.17, 15) is 14.4 Å². The Hall–Kier alpha value is -4.28. The summed E-state index contributed by atoms with van der Waals surface area (Å²) in [6, 6.07) is 3.54. The van der Waals surface area contributed by atoms with Crippen molar-refractivity contribution in [2.24, 2.45) is 7.05 Å². The van der Waals surface area contributed by atoms with Crippen LogP contribution in [0.4, 0.5) is 0 Å². The van der Waals surface area contributed by atoms with Crippen LogP contribution in [0.2, 0.25) is 0 Å². The zero-order chi connectivity index (χ0) is 46.1. The largest absolute Gasteiger partial charge is 0.490 e. The molecule has 362 valence electrons. The Labute approximate surface area is 387 Å². The number of carbonyl (C=O) groups is 3. The molecular formula is C53H87N2O9+. The normalized spacial score (nSPS) is 11.0. The van der Waals surface area contributed by atoms with E-state index in [0.717, 1.165) is 89.9 Å². The van der Waals surface area contributed by atoms with Crippen LogP contribution in [0.1, 0.15) is 197 Å². The van der Waals surface area contributed by atoms with Gasteiger partial charge in [-0.15, -0.1) is 0 Å². The lowest BCUT2D eigenvalue weighted by Gasteiger charge is -2.19. The van der Waals surface area contributed by atoms with Gasteiger partial charge in [-0.25, -0.2) is 23.5 Å². The van der Waals surface area contributed by atoms with Gasteiger partial charge in [-0.2, -0.15) is 0 Å². The highest BCUT2D eigenvalue weighted by Gasteiger charge is 2.20. The summed E-state index contributed by atoms with van der Waals surface area (Å²) in [4.78, 5) is 35.9. The predicted molar refractivity (Wildman–Crippen MR) is 256 cm³/mol. The van der Waals surface area contributed by atoms with Crippen LogP contribution in [-0.4, -0.2) is 62.1 Å². The van der Waals surface area contributed by atoms with Gasteiger partial charge in [0.05, 0.1) is 45.6 Å². The average Bonchev–Trinajstić information content (AvgIpc) is 3.72. The second-order valence-corrected chi connectivity index (χ2v) is 17.1. The van der Waals surface area contributed by atoms with Gasteiger partial charge in [0.15, 0.2) is 11.5 Å². The van der Waals surface area contributed by atoms with Crippen molar-refractivity contribution in [3.05, 3.63) is 61.7 Å². The second-order valence-electron chi connectivity index (χ2n) is 17.1. The Morgan fingerprint density at radius 1 is 0.516 bits per heavy atom. The maximum atomic E-state index is 13.5. The highest BCUT2D eigenvalue weighted by molar-refractivity contribution is 5.91. The molecule has 0 atom stereocenters. The fourth-order valence-corrected chi connectivity index (χ4v) is 7.49. The zero-order valence-corrected chi connectivity index (χ0v) is 40.3. The summed E-state index contributed by atoms with van der Waals surface area (Å²) in [5, 5.41) is 0. The number of rotatable bonds is 44. The molecule has 1 aromatic carbocycles. The fraction of sp³-hybridized carbons (Fsp3) is 0.698. The summed E-state index contributed by atoms with van der Waals surface area (Å²) in [7, 11) is 1.96. The van der Waals surface area contributed by atoms with Crippen molar-refractivity contribution in [3.8, 4) is 17.2 Å². The van der Waals surface area contributed by atoms with E-state index in [0.29, 0.717) is 62.4 Å². The average molecular weight is 896 g/mol. The first-order chi connectivity index (χ1) is 31.4. The van der Waals surface area contributed by atoms with Crippen LogP contribution >= 0.6 is 0 Å². The van der Waals surface area contributed by atoms with E-state index < -0.39 is 5.97 Å². The molecule has 1 heterocycles. The number of esters is 3. The quantitative estimate of drug-likeness (QED) is 0.0211. The maximum absolute atomic E-state index is 13.5. The second kappa shape index (κ2) is 39.1. The smallest absolute Gasteiger partial charge is 0.338 e. The van der Waals surface area contributed by atoms with Gasteiger partial charge in [0.2, 0.25) is 12.1 Å². The van der Waals surface area contributed by atoms with Crippen LogP contribution in [0.15, 0.2) is 56.2 Å². The molecule has 0 fully saturated rings. The predicted octanol–water partition coefficient (Wildman–Crippen LogP) is 12.7. The first-order valence-electron chi connectivity index (χ1n) is 25.2. The molecule has 0 aliphatic carbocycles. The highest BCUT2D eigenvalue weighted by atomic mass is 16.6. The van der Waals surface area contributed by atoms with E-state index in [1.54, 1.807) is 12.1 Å². The van der Waals surface area contributed by atoms with Crippen molar-refractivity contribution in [3.63, 3.8) is 0 Å². The van der Waals surface area contributed by atoms with E-state index in [1.165, 1.54) is 102 Å². The lowest BCUT2D eigenvalue weighted by atomic mass is 10.1. The van der Waals surface area contributed by atoms with Gasteiger partial charge in [0.25, 0.3) is 0 Å². The third-order valence-corrected chi connectivity index (χ3v) is 11.3. The number of ether oxygens (including phenoxy) is 6. The number of benzene rings is 1. The van der Waals surface area contributed by atoms with Crippen LogP contribution in [-0.2, 0) is 37.4 Å².